The van der Waals surface area contributed by atoms with Gasteiger partial charge in [0.05, 0.1) is 17.7 Å². The second-order valence-corrected chi connectivity index (χ2v) is 4.85. The SMILES string of the molecule is CC(NC(=O)[C@H](N)c1ccccc1)c1ccc(C#N)cc1. The molecule has 0 heterocycles. The lowest BCUT2D eigenvalue weighted by atomic mass is 10.0. The highest BCUT2D eigenvalue weighted by Gasteiger charge is 2.18. The molecule has 4 heteroatoms. The Labute approximate surface area is 124 Å². The van der Waals surface area contributed by atoms with E-state index in [4.69, 9.17) is 11.0 Å². The van der Waals surface area contributed by atoms with Gasteiger partial charge in [-0.15, -0.1) is 0 Å². The zero-order valence-electron chi connectivity index (χ0n) is 11.8. The van der Waals surface area contributed by atoms with Crippen LogP contribution in [-0.4, -0.2) is 5.91 Å². The van der Waals surface area contributed by atoms with Gasteiger partial charge in [0.2, 0.25) is 5.91 Å². The van der Waals surface area contributed by atoms with Gasteiger partial charge in [0.1, 0.15) is 6.04 Å². The van der Waals surface area contributed by atoms with Crippen molar-refractivity contribution in [3.05, 3.63) is 71.3 Å². The van der Waals surface area contributed by atoms with E-state index in [1.807, 2.05) is 49.4 Å². The van der Waals surface area contributed by atoms with E-state index in [2.05, 4.69) is 11.4 Å². The summed E-state index contributed by atoms with van der Waals surface area (Å²) >= 11 is 0. The van der Waals surface area contributed by atoms with Gasteiger partial charge >= 0.3 is 0 Å². The first-order valence-corrected chi connectivity index (χ1v) is 6.73. The molecule has 4 nitrogen and oxygen atoms in total. The van der Waals surface area contributed by atoms with Crippen molar-refractivity contribution in [2.75, 3.05) is 0 Å². The average Bonchev–Trinajstić information content (AvgIpc) is 2.55. The molecule has 2 rings (SSSR count). The van der Waals surface area contributed by atoms with Crippen LogP contribution in [-0.2, 0) is 4.79 Å². The monoisotopic (exact) mass is 279 g/mol. The first-order chi connectivity index (χ1) is 10.1. The first kappa shape index (κ1) is 14.8. The fraction of sp³-hybridized carbons (Fsp3) is 0.176. The molecular weight excluding hydrogens is 262 g/mol. The van der Waals surface area contributed by atoms with Crippen LogP contribution in [0.5, 0.6) is 0 Å². The van der Waals surface area contributed by atoms with Gasteiger partial charge in [0.25, 0.3) is 0 Å². The third-order valence-corrected chi connectivity index (χ3v) is 3.34. The van der Waals surface area contributed by atoms with Crippen molar-refractivity contribution in [2.24, 2.45) is 5.73 Å². The van der Waals surface area contributed by atoms with Crippen molar-refractivity contribution in [3.8, 4) is 6.07 Å². The Bertz CT molecular complexity index is 644. The molecule has 1 unspecified atom stereocenters. The molecule has 0 spiro atoms. The maximum Gasteiger partial charge on any atom is 0.241 e. The summed E-state index contributed by atoms with van der Waals surface area (Å²) in [6.07, 6.45) is 0. The molecule has 0 aliphatic rings. The van der Waals surface area contributed by atoms with Crippen molar-refractivity contribution in [2.45, 2.75) is 19.0 Å². The van der Waals surface area contributed by atoms with E-state index >= 15 is 0 Å². The number of nitrogens with zero attached hydrogens (tertiary/aromatic N) is 1. The summed E-state index contributed by atoms with van der Waals surface area (Å²) in [5.41, 5.74) is 8.26. The summed E-state index contributed by atoms with van der Waals surface area (Å²) in [5, 5.41) is 11.7. The molecule has 2 aromatic carbocycles. The van der Waals surface area contributed by atoms with Gasteiger partial charge in [-0.05, 0) is 30.2 Å². The van der Waals surface area contributed by atoms with Crippen molar-refractivity contribution < 1.29 is 4.79 Å². The van der Waals surface area contributed by atoms with Gasteiger partial charge in [-0.2, -0.15) is 5.26 Å². The number of nitrogens with two attached hydrogens (primary N) is 1. The van der Waals surface area contributed by atoms with Crippen molar-refractivity contribution in [3.63, 3.8) is 0 Å². The highest BCUT2D eigenvalue weighted by Crippen LogP contribution is 2.15. The standard InChI is InChI=1S/C17H17N3O/c1-12(14-9-7-13(11-18)8-10-14)20-17(21)16(19)15-5-3-2-4-6-15/h2-10,12,16H,19H2,1H3,(H,20,21)/t12?,16-/m1/s1. The Hall–Kier alpha value is -2.64. The third-order valence-electron chi connectivity index (χ3n) is 3.34. The molecule has 2 atom stereocenters. The third kappa shape index (κ3) is 3.68. The van der Waals surface area contributed by atoms with Crippen LogP contribution in [0.15, 0.2) is 54.6 Å². The van der Waals surface area contributed by atoms with Crippen LogP contribution in [0, 0.1) is 11.3 Å². The number of hydrogen-bond donors (Lipinski definition) is 2. The normalized spacial score (nSPS) is 13.0. The van der Waals surface area contributed by atoms with Gasteiger partial charge in [-0.1, -0.05) is 42.5 Å². The van der Waals surface area contributed by atoms with Gasteiger partial charge < -0.3 is 11.1 Å². The summed E-state index contributed by atoms with van der Waals surface area (Å²) in [6.45, 7) is 1.89. The second-order valence-electron chi connectivity index (χ2n) is 4.85. The molecule has 0 aromatic heterocycles. The molecule has 0 saturated heterocycles. The Balaban J connectivity index is 2.03. The van der Waals surface area contributed by atoms with Crippen molar-refractivity contribution >= 4 is 5.91 Å². The Morgan fingerprint density at radius 1 is 1.10 bits per heavy atom. The van der Waals surface area contributed by atoms with Crippen LogP contribution in [0.1, 0.15) is 35.7 Å². The number of hydrogen-bond acceptors (Lipinski definition) is 3. The van der Waals surface area contributed by atoms with Crippen molar-refractivity contribution in [1.29, 1.82) is 5.26 Å². The molecule has 3 N–H and O–H groups in total. The summed E-state index contributed by atoms with van der Waals surface area (Å²) in [4.78, 5) is 12.2. The summed E-state index contributed by atoms with van der Waals surface area (Å²) in [5.74, 6) is -0.224. The highest BCUT2D eigenvalue weighted by molar-refractivity contribution is 5.83. The maximum atomic E-state index is 12.2. The van der Waals surface area contributed by atoms with E-state index in [1.165, 1.54) is 0 Å². The molecule has 0 fully saturated rings. The summed E-state index contributed by atoms with van der Waals surface area (Å²) in [7, 11) is 0. The lowest BCUT2D eigenvalue weighted by molar-refractivity contribution is -0.123. The minimum atomic E-state index is -0.688. The molecule has 21 heavy (non-hydrogen) atoms. The van der Waals surface area contributed by atoms with Gasteiger partial charge in [0.15, 0.2) is 0 Å². The number of nitriles is 1. The van der Waals surface area contributed by atoms with Crippen LogP contribution in [0.25, 0.3) is 0 Å². The number of carbonyl (C=O) groups excluding carboxylic acids is 1. The van der Waals surface area contributed by atoms with E-state index < -0.39 is 6.04 Å². The summed E-state index contributed by atoms with van der Waals surface area (Å²) in [6, 6.07) is 17.6. The molecule has 106 valence electrons. The number of carbonyl (C=O) groups is 1. The Kier molecular flexibility index (Phi) is 4.70. The van der Waals surface area contributed by atoms with E-state index in [0.717, 1.165) is 11.1 Å². The Morgan fingerprint density at radius 3 is 2.29 bits per heavy atom. The molecular formula is C17H17N3O. The number of nitrogens with one attached hydrogen (secondary N) is 1. The van der Waals surface area contributed by atoms with Crippen LogP contribution < -0.4 is 11.1 Å². The maximum absolute atomic E-state index is 12.2. The number of rotatable bonds is 4. The molecule has 0 bridgehead atoms. The van der Waals surface area contributed by atoms with Gasteiger partial charge in [0, 0.05) is 0 Å². The van der Waals surface area contributed by atoms with Gasteiger partial charge in [-0.25, -0.2) is 0 Å². The minimum absolute atomic E-state index is 0.167. The van der Waals surface area contributed by atoms with E-state index in [0.29, 0.717) is 5.56 Å². The molecule has 0 aliphatic heterocycles. The predicted molar refractivity (Wildman–Crippen MR) is 81.1 cm³/mol. The number of benzene rings is 2. The zero-order chi connectivity index (χ0) is 15.2. The molecule has 1 amide bonds. The Morgan fingerprint density at radius 2 is 1.71 bits per heavy atom. The van der Waals surface area contributed by atoms with Crippen LogP contribution in [0.4, 0.5) is 0 Å². The minimum Gasteiger partial charge on any atom is -0.348 e. The predicted octanol–water partition coefficient (Wildman–Crippen LogP) is 2.44. The fourth-order valence-electron chi connectivity index (χ4n) is 2.04. The molecule has 0 saturated carbocycles. The van der Waals surface area contributed by atoms with E-state index in [9.17, 15) is 4.79 Å². The number of amides is 1. The summed E-state index contributed by atoms with van der Waals surface area (Å²) < 4.78 is 0. The molecule has 2 aromatic rings. The first-order valence-electron chi connectivity index (χ1n) is 6.73. The lowest BCUT2D eigenvalue weighted by Gasteiger charge is -2.18. The molecule has 0 radical (unpaired) electrons. The van der Waals surface area contributed by atoms with Crippen molar-refractivity contribution in [1.82, 2.24) is 5.32 Å². The van der Waals surface area contributed by atoms with Gasteiger partial charge in [-0.3, -0.25) is 4.79 Å². The lowest BCUT2D eigenvalue weighted by Crippen LogP contribution is -2.35. The largest absolute Gasteiger partial charge is 0.348 e. The zero-order valence-corrected chi connectivity index (χ0v) is 11.8. The quantitative estimate of drug-likeness (QED) is 0.902. The highest BCUT2D eigenvalue weighted by atomic mass is 16.2. The fourth-order valence-corrected chi connectivity index (χ4v) is 2.04. The molecule has 0 aliphatic carbocycles. The average molecular weight is 279 g/mol. The topological polar surface area (TPSA) is 78.9 Å². The van der Waals surface area contributed by atoms with E-state index in [1.54, 1.807) is 12.1 Å². The van der Waals surface area contributed by atoms with Crippen LogP contribution in [0.3, 0.4) is 0 Å². The van der Waals surface area contributed by atoms with Crippen LogP contribution >= 0.6 is 0 Å². The smallest absolute Gasteiger partial charge is 0.241 e. The van der Waals surface area contributed by atoms with E-state index in [-0.39, 0.29) is 11.9 Å². The second kappa shape index (κ2) is 6.69. The van der Waals surface area contributed by atoms with Crippen LogP contribution in [0.2, 0.25) is 0 Å².